The highest BCUT2D eigenvalue weighted by atomic mass is 35.5. The molecule has 0 fully saturated rings. The lowest BCUT2D eigenvalue weighted by atomic mass is 9.87. The number of ketones is 1. The molecule has 0 aliphatic rings. The summed E-state index contributed by atoms with van der Waals surface area (Å²) in [6.45, 7) is 0. The minimum Gasteiger partial charge on any atom is -0.293 e. The number of hydrogen-bond donors (Lipinski definition) is 0. The van der Waals surface area contributed by atoms with E-state index in [2.05, 4.69) is 4.98 Å². The van der Waals surface area contributed by atoms with Gasteiger partial charge in [0, 0.05) is 11.8 Å². The van der Waals surface area contributed by atoms with E-state index in [9.17, 15) is 4.79 Å². The highest BCUT2D eigenvalue weighted by molar-refractivity contribution is 6.34. The summed E-state index contributed by atoms with van der Waals surface area (Å²) < 4.78 is 0. The van der Waals surface area contributed by atoms with Gasteiger partial charge in [0.05, 0.1) is 16.6 Å². The predicted octanol–water partition coefficient (Wildman–Crippen LogP) is 4.75. The summed E-state index contributed by atoms with van der Waals surface area (Å²) in [5.41, 5.74) is 2.15. The monoisotopic (exact) mass is 307 g/mol. The Morgan fingerprint density at radius 1 is 0.864 bits per heavy atom. The third-order valence-electron chi connectivity index (χ3n) is 3.52. The minimum absolute atomic E-state index is 0.0458. The van der Waals surface area contributed by atoms with E-state index in [-0.39, 0.29) is 5.78 Å². The number of halogens is 1. The maximum Gasteiger partial charge on any atom is 0.177 e. The van der Waals surface area contributed by atoms with Gasteiger partial charge in [0.1, 0.15) is 0 Å². The second-order valence-electron chi connectivity index (χ2n) is 4.94. The number of carbonyl (C=O) groups excluding carboxylic acids is 1. The summed E-state index contributed by atoms with van der Waals surface area (Å²) in [5, 5.41) is 0.462. The van der Waals surface area contributed by atoms with E-state index in [0.29, 0.717) is 10.6 Å². The van der Waals surface area contributed by atoms with E-state index >= 15 is 0 Å². The summed E-state index contributed by atoms with van der Waals surface area (Å²) in [5.74, 6) is -0.502. The SMILES string of the molecule is O=C(c1ccccc1Cl)[C@@H](c1ccccc1)c1ccccn1. The van der Waals surface area contributed by atoms with Crippen LogP contribution in [-0.4, -0.2) is 10.8 Å². The van der Waals surface area contributed by atoms with Crippen LogP contribution in [0.3, 0.4) is 0 Å². The van der Waals surface area contributed by atoms with Crippen LogP contribution < -0.4 is 0 Å². The van der Waals surface area contributed by atoms with Crippen LogP contribution in [0, 0.1) is 0 Å². The second-order valence-corrected chi connectivity index (χ2v) is 5.35. The first-order valence-electron chi connectivity index (χ1n) is 7.02. The van der Waals surface area contributed by atoms with Crippen LogP contribution in [0.4, 0.5) is 0 Å². The number of pyridine rings is 1. The van der Waals surface area contributed by atoms with Gasteiger partial charge in [-0.25, -0.2) is 0 Å². The van der Waals surface area contributed by atoms with Crippen molar-refractivity contribution in [3.8, 4) is 0 Å². The van der Waals surface area contributed by atoms with Crippen molar-refractivity contribution in [1.29, 1.82) is 0 Å². The molecule has 1 atom stereocenters. The molecule has 0 radical (unpaired) electrons. The van der Waals surface area contributed by atoms with E-state index < -0.39 is 5.92 Å². The zero-order valence-corrected chi connectivity index (χ0v) is 12.6. The molecule has 108 valence electrons. The molecule has 0 aliphatic carbocycles. The Balaban J connectivity index is 2.11. The Labute approximate surface area is 134 Å². The van der Waals surface area contributed by atoms with Crippen molar-refractivity contribution in [3.63, 3.8) is 0 Å². The van der Waals surface area contributed by atoms with Crippen LogP contribution in [0.25, 0.3) is 0 Å². The molecule has 1 heterocycles. The number of aromatic nitrogens is 1. The molecule has 3 rings (SSSR count). The number of carbonyl (C=O) groups is 1. The zero-order chi connectivity index (χ0) is 15.4. The summed E-state index contributed by atoms with van der Waals surface area (Å²) in [4.78, 5) is 17.4. The van der Waals surface area contributed by atoms with Gasteiger partial charge in [-0.3, -0.25) is 9.78 Å². The third kappa shape index (κ3) is 2.92. The lowest BCUT2D eigenvalue weighted by Crippen LogP contribution is -2.16. The number of rotatable bonds is 4. The van der Waals surface area contributed by atoms with E-state index in [1.165, 1.54) is 0 Å². The van der Waals surface area contributed by atoms with Crippen LogP contribution in [-0.2, 0) is 0 Å². The van der Waals surface area contributed by atoms with Crippen LogP contribution in [0.1, 0.15) is 27.5 Å². The van der Waals surface area contributed by atoms with Gasteiger partial charge >= 0.3 is 0 Å². The van der Waals surface area contributed by atoms with Crippen molar-refractivity contribution >= 4 is 17.4 Å². The molecular weight excluding hydrogens is 294 g/mol. The molecule has 0 amide bonds. The van der Waals surface area contributed by atoms with Crippen LogP contribution in [0.2, 0.25) is 5.02 Å². The Morgan fingerprint density at radius 3 is 2.23 bits per heavy atom. The molecule has 0 aliphatic heterocycles. The average molecular weight is 308 g/mol. The topological polar surface area (TPSA) is 30.0 Å². The first-order chi connectivity index (χ1) is 10.8. The summed E-state index contributed by atoms with van der Waals surface area (Å²) >= 11 is 6.20. The van der Waals surface area contributed by atoms with Crippen molar-refractivity contribution in [2.24, 2.45) is 0 Å². The molecule has 2 nitrogen and oxygen atoms in total. The molecule has 0 unspecified atom stereocenters. The first-order valence-corrected chi connectivity index (χ1v) is 7.40. The second kappa shape index (κ2) is 6.54. The van der Waals surface area contributed by atoms with Crippen LogP contribution in [0.5, 0.6) is 0 Å². The molecule has 22 heavy (non-hydrogen) atoms. The molecule has 3 aromatic rings. The molecule has 3 heteroatoms. The van der Waals surface area contributed by atoms with Crippen molar-refractivity contribution in [2.75, 3.05) is 0 Å². The van der Waals surface area contributed by atoms with Crippen molar-refractivity contribution in [3.05, 3.63) is 101 Å². The quantitative estimate of drug-likeness (QED) is 0.651. The lowest BCUT2D eigenvalue weighted by Gasteiger charge is -2.16. The maximum absolute atomic E-state index is 13.0. The predicted molar refractivity (Wildman–Crippen MR) is 88.3 cm³/mol. The summed E-state index contributed by atoms with van der Waals surface area (Å²) in [7, 11) is 0. The number of hydrogen-bond acceptors (Lipinski definition) is 2. The molecule has 0 spiro atoms. The molecular formula is C19H14ClNO. The minimum atomic E-state index is -0.456. The van der Waals surface area contributed by atoms with Gasteiger partial charge < -0.3 is 0 Å². The van der Waals surface area contributed by atoms with Crippen LogP contribution >= 0.6 is 11.6 Å². The fourth-order valence-electron chi connectivity index (χ4n) is 2.47. The Bertz CT molecular complexity index is 732. The van der Waals surface area contributed by atoms with Gasteiger partial charge in [0.25, 0.3) is 0 Å². The van der Waals surface area contributed by atoms with Gasteiger partial charge in [-0.15, -0.1) is 0 Å². The Hall–Kier alpha value is -2.45. The molecule has 0 bridgehead atoms. The largest absolute Gasteiger partial charge is 0.293 e. The fourth-order valence-corrected chi connectivity index (χ4v) is 2.69. The van der Waals surface area contributed by atoms with Crippen molar-refractivity contribution in [1.82, 2.24) is 4.98 Å². The highest BCUT2D eigenvalue weighted by Gasteiger charge is 2.26. The van der Waals surface area contributed by atoms with Gasteiger partial charge in [-0.1, -0.05) is 60.1 Å². The van der Waals surface area contributed by atoms with Crippen LogP contribution in [0.15, 0.2) is 79.0 Å². The Morgan fingerprint density at radius 2 is 1.55 bits per heavy atom. The molecule has 0 N–H and O–H groups in total. The van der Waals surface area contributed by atoms with E-state index in [0.717, 1.165) is 11.3 Å². The van der Waals surface area contributed by atoms with Gasteiger partial charge in [-0.05, 0) is 29.8 Å². The number of benzene rings is 2. The zero-order valence-electron chi connectivity index (χ0n) is 11.8. The molecule has 1 aromatic heterocycles. The summed E-state index contributed by atoms with van der Waals surface area (Å²) in [6, 6.07) is 22.4. The van der Waals surface area contributed by atoms with E-state index in [4.69, 9.17) is 11.6 Å². The number of nitrogens with zero attached hydrogens (tertiary/aromatic N) is 1. The van der Waals surface area contributed by atoms with Gasteiger partial charge in [0.2, 0.25) is 0 Å². The lowest BCUT2D eigenvalue weighted by molar-refractivity contribution is 0.0972. The van der Waals surface area contributed by atoms with Gasteiger partial charge in [-0.2, -0.15) is 0 Å². The van der Waals surface area contributed by atoms with E-state index in [1.54, 1.807) is 18.3 Å². The molecule has 2 aromatic carbocycles. The first kappa shape index (κ1) is 14.5. The molecule has 0 saturated heterocycles. The normalized spacial score (nSPS) is 11.9. The maximum atomic E-state index is 13.0. The fraction of sp³-hybridized carbons (Fsp3) is 0.0526. The van der Waals surface area contributed by atoms with Gasteiger partial charge in [0.15, 0.2) is 5.78 Å². The highest BCUT2D eigenvalue weighted by Crippen LogP contribution is 2.29. The number of Topliss-reactive ketones (excluding diaryl/α,β-unsaturated/α-hetero) is 1. The average Bonchev–Trinajstić information content (AvgIpc) is 2.57. The van der Waals surface area contributed by atoms with E-state index in [1.807, 2.05) is 60.7 Å². The van der Waals surface area contributed by atoms with Crippen molar-refractivity contribution < 1.29 is 4.79 Å². The Kier molecular flexibility index (Phi) is 4.31. The third-order valence-corrected chi connectivity index (χ3v) is 3.85. The van der Waals surface area contributed by atoms with Crippen molar-refractivity contribution in [2.45, 2.75) is 5.92 Å². The standard InChI is InChI=1S/C19H14ClNO/c20-16-11-5-4-10-15(16)19(22)18(14-8-2-1-3-9-14)17-12-6-7-13-21-17/h1-13,18H/t18-/m0/s1. The molecule has 0 saturated carbocycles. The summed E-state index contributed by atoms with van der Waals surface area (Å²) in [6.07, 6.45) is 1.70. The smallest absolute Gasteiger partial charge is 0.177 e.